The van der Waals surface area contributed by atoms with E-state index in [1.807, 2.05) is 0 Å². The van der Waals surface area contributed by atoms with Crippen molar-refractivity contribution in [2.75, 3.05) is 39.2 Å². The molecule has 0 aliphatic rings. The molecule has 2 rings (SSSR count). The Morgan fingerprint density at radius 2 is 1.59 bits per heavy atom. The highest BCUT2D eigenvalue weighted by molar-refractivity contribution is 7.89. The van der Waals surface area contributed by atoms with E-state index >= 15 is 0 Å². The lowest BCUT2D eigenvalue weighted by molar-refractivity contribution is -0.119. The van der Waals surface area contributed by atoms with Gasteiger partial charge in [-0.05, 0) is 18.2 Å². The van der Waals surface area contributed by atoms with E-state index in [9.17, 15) is 18.0 Å². The average Bonchev–Trinajstić information content (AvgIpc) is 2.77. The largest absolute Gasteiger partial charge is 0.497 e. The lowest BCUT2D eigenvalue weighted by atomic mass is 10.2. The van der Waals surface area contributed by atoms with Gasteiger partial charge in [0.15, 0.2) is 6.61 Å². The van der Waals surface area contributed by atoms with Crippen molar-refractivity contribution >= 4 is 39.2 Å². The molecule has 11 heteroatoms. The van der Waals surface area contributed by atoms with Crippen LogP contribution in [0, 0.1) is 0 Å². The van der Waals surface area contributed by atoms with Gasteiger partial charge in [-0.3, -0.25) is 4.79 Å². The number of amides is 1. The van der Waals surface area contributed by atoms with Gasteiger partial charge in [-0.25, -0.2) is 13.2 Å². The van der Waals surface area contributed by atoms with Crippen molar-refractivity contribution in [3.63, 3.8) is 0 Å². The number of esters is 1. The second-order valence-corrected chi connectivity index (χ2v) is 8.80. The second kappa shape index (κ2) is 11.2. The predicted octanol–water partition coefficient (Wildman–Crippen LogP) is 3.18. The van der Waals surface area contributed by atoms with Gasteiger partial charge in [-0.15, -0.1) is 0 Å². The molecule has 0 unspecified atom stereocenters. The zero-order chi connectivity index (χ0) is 23.9. The lowest BCUT2D eigenvalue weighted by Gasteiger charge is -2.19. The first-order chi connectivity index (χ1) is 15.2. The highest BCUT2D eigenvalue weighted by Crippen LogP contribution is 2.26. The van der Waals surface area contributed by atoms with Crippen LogP contribution in [0.1, 0.15) is 24.2 Å². The number of carbonyl (C=O) groups excluding carboxylic acids is 2. The number of carbonyl (C=O) groups is 2. The standard InChI is InChI=1S/C21H25ClN2O7S/c1-5-24(6-2)32(27,28)17-7-8-19(22)18(12-17)21(26)31-13-20(25)23-14-9-15(29-3)11-16(10-14)30-4/h7-12H,5-6,13H2,1-4H3,(H,23,25). The summed E-state index contributed by atoms with van der Waals surface area (Å²) in [4.78, 5) is 24.6. The summed E-state index contributed by atoms with van der Waals surface area (Å²) >= 11 is 6.06. The van der Waals surface area contributed by atoms with Crippen molar-refractivity contribution < 1.29 is 32.2 Å². The summed E-state index contributed by atoms with van der Waals surface area (Å²) in [6.07, 6.45) is 0. The number of nitrogens with one attached hydrogen (secondary N) is 1. The van der Waals surface area contributed by atoms with E-state index in [2.05, 4.69) is 5.32 Å². The molecule has 9 nitrogen and oxygen atoms in total. The number of hydrogen-bond donors (Lipinski definition) is 1. The molecule has 1 N–H and O–H groups in total. The van der Waals surface area contributed by atoms with Crippen LogP contribution in [0.5, 0.6) is 11.5 Å². The fourth-order valence-electron chi connectivity index (χ4n) is 2.82. The molecule has 1 amide bonds. The van der Waals surface area contributed by atoms with Crippen molar-refractivity contribution in [3.05, 3.63) is 47.0 Å². The Morgan fingerprint density at radius 1 is 1.00 bits per heavy atom. The Bertz CT molecular complexity index is 1060. The Labute approximate surface area is 192 Å². The van der Waals surface area contributed by atoms with Crippen LogP contribution in [0.15, 0.2) is 41.3 Å². The normalized spacial score (nSPS) is 11.2. The van der Waals surface area contributed by atoms with Crippen LogP contribution in [-0.2, 0) is 19.6 Å². The monoisotopic (exact) mass is 484 g/mol. The molecule has 0 radical (unpaired) electrons. The minimum Gasteiger partial charge on any atom is -0.497 e. The van der Waals surface area contributed by atoms with Crippen LogP contribution >= 0.6 is 11.6 Å². The maximum Gasteiger partial charge on any atom is 0.340 e. The van der Waals surface area contributed by atoms with Gasteiger partial charge in [-0.1, -0.05) is 25.4 Å². The topological polar surface area (TPSA) is 111 Å². The fourth-order valence-corrected chi connectivity index (χ4v) is 4.50. The number of anilines is 1. The summed E-state index contributed by atoms with van der Waals surface area (Å²) in [6.45, 7) is 3.36. The fraction of sp³-hybridized carbons (Fsp3) is 0.333. The van der Waals surface area contributed by atoms with E-state index in [0.717, 1.165) is 6.07 Å². The Kier molecular flexibility index (Phi) is 8.88. The second-order valence-electron chi connectivity index (χ2n) is 6.46. The zero-order valence-corrected chi connectivity index (χ0v) is 19.7. The number of nitrogens with zero attached hydrogens (tertiary/aromatic N) is 1. The molecule has 0 bridgehead atoms. The minimum absolute atomic E-state index is 0.00596. The number of halogens is 1. The Hall–Kier alpha value is -2.82. The molecule has 2 aromatic carbocycles. The number of hydrogen-bond acceptors (Lipinski definition) is 7. The average molecular weight is 485 g/mol. The quantitative estimate of drug-likeness (QED) is 0.515. The van der Waals surface area contributed by atoms with E-state index < -0.39 is 28.5 Å². The van der Waals surface area contributed by atoms with Crippen LogP contribution in [0.2, 0.25) is 5.02 Å². The van der Waals surface area contributed by atoms with Crippen molar-refractivity contribution in [1.82, 2.24) is 4.31 Å². The van der Waals surface area contributed by atoms with Crippen LogP contribution in [-0.4, -0.2) is 58.5 Å². The number of ether oxygens (including phenoxy) is 3. The molecule has 0 aliphatic heterocycles. The molecule has 0 heterocycles. The molecule has 32 heavy (non-hydrogen) atoms. The summed E-state index contributed by atoms with van der Waals surface area (Å²) in [5.41, 5.74) is 0.225. The molecule has 0 saturated carbocycles. The maximum atomic E-state index is 12.7. The van der Waals surface area contributed by atoms with Crippen molar-refractivity contribution in [3.8, 4) is 11.5 Å². The van der Waals surface area contributed by atoms with Gasteiger partial charge in [0.05, 0.1) is 29.7 Å². The molecule has 0 atom stereocenters. The van der Waals surface area contributed by atoms with Gasteiger partial charge < -0.3 is 19.5 Å². The lowest BCUT2D eigenvalue weighted by Crippen LogP contribution is -2.30. The third-order valence-electron chi connectivity index (χ3n) is 4.47. The van der Waals surface area contributed by atoms with Crippen LogP contribution in [0.4, 0.5) is 5.69 Å². The zero-order valence-electron chi connectivity index (χ0n) is 18.2. The molecule has 174 valence electrons. The van der Waals surface area contributed by atoms with Crippen LogP contribution in [0.3, 0.4) is 0 Å². The van der Waals surface area contributed by atoms with Gasteiger partial charge in [-0.2, -0.15) is 4.31 Å². The van der Waals surface area contributed by atoms with Gasteiger partial charge in [0.2, 0.25) is 10.0 Å². The molecular formula is C21H25ClN2O7S. The van der Waals surface area contributed by atoms with E-state index in [4.69, 9.17) is 25.8 Å². The van der Waals surface area contributed by atoms with E-state index in [1.165, 1.54) is 30.7 Å². The third kappa shape index (κ3) is 6.12. The summed E-state index contributed by atoms with van der Waals surface area (Å²) in [7, 11) is -0.850. The SMILES string of the molecule is CCN(CC)S(=O)(=O)c1ccc(Cl)c(C(=O)OCC(=O)Nc2cc(OC)cc(OC)c2)c1. The van der Waals surface area contributed by atoms with Gasteiger partial charge >= 0.3 is 5.97 Å². The number of rotatable bonds is 10. The predicted molar refractivity (Wildman–Crippen MR) is 120 cm³/mol. The van der Waals surface area contributed by atoms with Crippen molar-refractivity contribution in [1.29, 1.82) is 0 Å². The summed E-state index contributed by atoms with van der Waals surface area (Å²) in [6, 6.07) is 8.54. The van der Waals surface area contributed by atoms with Gasteiger partial charge in [0.25, 0.3) is 5.91 Å². The molecule has 0 spiro atoms. The van der Waals surface area contributed by atoms with E-state index in [0.29, 0.717) is 17.2 Å². The molecular weight excluding hydrogens is 460 g/mol. The van der Waals surface area contributed by atoms with Gasteiger partial charge in [0, 0.05) is 37.0 Å². The van der Waals surface area contributed by atoms with Crippen LogP contribution < -0.4 is 14.8 Å². The molecule has 0 aliphatic carbocycles. The number of sulfonamides is 1. The van der Waals surface area contributed by atoms with E-state index in [1.54, 1.807) is 32.0 Å². The van der Waals surface area contributed by atoms with Gasteiger partial charge in [0.1, 0.15) is 11.5 Å². The summed E-state index contributed by atoms with van der Waals surface area (Å²) < 4.78 is 42.0. The van der Waals surface area contributed by atoms with E-state index in [-0.39, 0.29) is 28.6 Å². The third-order valence-corrected chi connectivity index (χ3v) is 6.85. The smallest absolute Gasteiger partial charge is 0.340 e. The highest BCUT2D eigenvalue weighted by Gasteiger charge is 2.24. The Morgan fingerprint density at radius 3 is 2.12 bits per heavy atom. The molecule has 0 fully saturated rings. The summed E-state index contributed by atoms with van der Waals surface area (Å²) in [5, 5.41) is 2.57. The number of benzene rings is 2. The minimum atomic E-state index is -3.80. The first-order valence-corrected chi connectivity index (χ1v) is 11.5. The van der Waals surface area contributed by atoms with Crippen LogP contribution in [0.25, 0.3) is 0 Å². The summed E-state index contributed by atoms with van der Waals surface area (Å²) in [5.74, 6) is -0.606. The Balaban J connectivity index is 2.12. The van der Waals surface area contributed by atoms with Crippen molar-refractivity contribution in [2.24, 2.45) is 0 Å². The maximum absolute atomic E-state index is 12.7. The first kappa shape index (κ1) is 25.4. The highest BCUT2D eigenvalue weighted by atomic mass is 35.5. The van der Waals surface area contributed by atoms with Crippen molar-refractivity contribution in [2.45, 2.75) is 18.7 Å². The molecule has 0 saturated heterocycles. The molecule has 0 aromatic heterocycles. The molecule has 2 aromatic rings. The number of methoxy groups -OCH3 is 2. The first-order valence-electron chi connectivity index (χ1n) is 9.66.